The predicted molar refractivity (Wildman–Crippen MR) is 158 cm³/mol. The Morgan fingerprint density at radius 1 is 1.23 bits per heavy atom. The van der Waals surface area contributed by atoms with E-state index in [1.165, 1.54) is 0 Å². The van der Waals surface area contributed by atoms with E-state index in [1.807, 2.05) is 19.9 Å². The maximum Gasteiger partial charge on any atom is 0.251 e. The Kier molecular flexibility index (Phi) is 9.19. The van der Waals surface area contributed by atoms with E-state index in [4.69, 9.17) is 11.6 Å². The molecule has 1 aromatic rings. The number of hydrogen-bond acceptors (Lipinski definition) is 5. The molecule has 0 radical (unpaired) electrons. The number of para-hydroxylation sites is 1. The van der Waals surface area contributed by atoms with Crippen molar-refractivity contribution >= 4 is 46.8 Å². The summed E-state index contributed by atoms with van der Waals surface area (Å²) in [5, 5.41) is 10.7. The van der Waals surface area contributed by atoms with Crippen LogP contribution in [0.4, 0.5) is 5.69 Å². The smallest absolute Gasteiger partial charge is 0.251 e. The largest absolute Gasteiger partial charge is 0.394 e. The lowest BCUT2D eigenvalue weighted by Gasteiger charge is -2.42. The summed E-state index contributed by atoms with van der Waals surface area (Å²) in [4.78, 5) is 48.1. The summed E-state index contributed by atoms with van der Waals surface area (Å²) in [7, 11) is 0. The number of halogens is 1. The van der Waals surface area contributed by atoms with Crippen molar-refractivity contribution in [2.24, 2.45) is 17.8 Å². The Morgan fingerprint density at radius 2 is 1.92 bits per heavy atom. The SMILES string of the molecule is C=CCN(CCC)C(=O)[C@@H]1[C@H]2C(=O)N([C@@H](CC)CO)C(C(=O)N(CC=C)c3ccccc3Cl)C23S[C@@H]1CC3C. The van der Waals surface area contributed by atoms with Gasteiger partial charge in [-0.25, -0.2) is 0 Å². The lowest BCUT2D eigenvalue weighted by molar-refractivity contribution is -0.145. The van der Waals surface area contributed by atoms with E-state index in [0.717, 1.165) is 12.8 Å². The fraction of sp³-hybridized carbons (Fsp3) is 0.567. The number of carbonyl (C=O) groups excluding carboxylic acids is 3. The van der Waals surface area contributed by atoms with Gasteiger partial charge in [-0.2, -0.15) is 0 Å². The zero-order valence-corrected chi connectivity index (χ0v) is 24.7. The van der Waals surface area contributed by atoms with Crippen molar-refractivity contribution in [3.63, 3.8) is 0 Å². The van der Waals surface area contributed by atoms with E-state index in [2.05, 4.69) is 20.1 Å². The second-order valence-electron chi connectivity index (χ2n) is 10.8. The molecule has 1 spiro atoms. The second kappa shape index (κ2) is 12.1. The lowest BCUT2D eigenvalue weighted by atomic mass is 9.65. The molecule has 1 N–H and O–H groups in total. The summed E-state index contributed by atoms with van der Waals surface area (Å²) >= 11 is 8.19. The first-order valence-electron chi connectivity index (χ1n) is 13.9. The molecule has 3 saturated heterocycles. The van der Waals surface area contributed by atoms with E-state index >= 15 is 0 Å². The maximum atomic E-state index is 14.7. The number of rotatable bonds is 12. The van der Waals surface area contributed by atoms with Crippen molar-refractivity contribution in [3.05, 3.63) is 54.6 Å². The van der Waals surface area contributed by atoms with E-state index in [1.54, 1.807) is 56.8 Å². The predicted octanol–water partition coefficient (Wildman–Crippen LogP) is 4.39. The number of aliphatic hydroxyl groups is 1. The molecule has 9 heteroatoms. The molecule has 212 valence electrons. The minimum Gasteiger partial charge on any atom is -0.394 e. The normalized spacial score (nSPS) is 29.7. The van der Waals surface area contributed by atoms with Gasteiger partial charge in [-0.15, -0.1) is 24.9 Å². The lowest BCUT2D eigenvalue weighted by Crippen LogP contribution is -2.59. The Hall–Kier alpha value is -2.29. The van der Waals surface area contributed by atoms with Gasteiger partial charge in [0.05, 0.1) is 39.9 Å². The van der Waals surface area contributed by atoms with Crippen LogP contribution in [0.25, 0.3) is 0 Å². The zero-order chi connectivity index (χ0) is 28.5. The van der Waals surface area contributed by atoms with Gasteiger partial charge in [-0.05, 0) is 37.3 Å². The third-order valence-electron chi connectivity index (χ3n) is 8.65. The van der Waals surface area contributed by atoms with Crippen LogP contribution in [0.1, 0.15) is 40.0 Å². The Bertz CT molecular complexity index is 1130. The molecule has 3 fully saturated rings. The van der Waals surface area contributed by atoms with Gasteiger partial charge >= 0.3 is 0 Å². The van der Waals surface area contributed by atoms with Crippen LogP contribution in [-0.2, 0) is 14.4 Å². The Morgan fingerprint density at radius 3 is 2.51 bits per heavy atom. The highest BCUT2D eigenvalue weighted by atomic mass is 35.5. The summed E-state index contributed by atoms with van der Waals surface area (Å²) in [6.45, 7) is 14.7. The van der Waals surface area contributed by atoms with Crippen molar-refractivity contribution < 1.29 is 19.5 Å². The molecule has 4 rings (SSSR count). The number of fused-ring (bicyclic) bond motifs is 1. The Balaban J connectivity index is 1.85. The van der Waals surface area contributed by atoms with E-state index in [0.29, 0.717) is 30.2 Å². The molecule has 7 atom stereocenters. The standard InChI is InChI=1S/C30H40ClN3O4S/c1-6-14-32(15-7-2)27(36)24-23-17-19(5)30(39-23)25(24)28(37)34(20(9-4)18-35)26(30)29(38)33(16-8-3)22-13-11-10-12-21(22)31/h6,8,10-13,19-20,23-26,35H,1,3,7,9,14-18H2,2,4-5H3/t19?,20-,23+,24-,25-,26?,30?/m0/s1. The molecule has 2 bridgehead atoms. The average molecular weight is 574 g/mol. The van der Waals surface area contributed by atoms with Gasteiger partial charge in [-0.3, -0.25) is 14.4 Å². The van der Waals surface area contributed by atoms with Crippen LogP contribution in [0, 0.1) is 17.8 Å². The van der Waals surface area contributed by atoms with Gasteiger partial charge in [0.2, 0.25) is 11.8 Å². The van der Waals surface area contributed by atoms with Gasteiger partial charge in [0.1, 0.15) is 6.04 Å². The Labute approximate surface area is 241 Å². The number of hydrogen-bond donors (Lipinski definition) is 1. The highest BCUT2D eigenvalue weighted by molar-refractivity contribution is 8.02. The van der Waals surface area contributed by atoms with E-state index in [-0.39, 0.29) is 42.0 Å². The summed E-state index contributed by atoms with van der Waals surface area (Å²) in [6.07, 6.45) is 5.40. The fourth-order valence-corrected chi connectivity index (χ4v) is 9.64. The molecule has 39 heavy (non-hydrogen) atoms. The number of thioether (sulfide) groups is 1. The monoisotopic (exact) mass is 573 g/mol. The number of likely N-dealkylation sites (tertiary alicyclic amines) is 1. The molecule has 7 nitrogen and oxygen atoms in total. The summed E-state index contributed by atoms with van der Waals surface area (Å²) in [5.74, 6) is -1.64. The molecule has 3 heterocycles. The number of aliphatic hydroxyl groups excluding tert-OH is 1. The summed E-state index contributed by atoms with van der Waals surface area (Å²) in [5.41, 5.74) is 0.547. The molecule has 0 aliphatic carbocycles. The first-order valence-corrected chi connectivity index (χ1v) is 15.2. The van der Waals surface area contributed by atoms with Gasteiger partial charge in [-0.1, -0.05) is 56.7 Å². The second-order valence-corrected chi connectivity index (χ2v) is 12.8. The minimum absolute atomic E-state index is 0.0245. The molecule has 0 saturated carbocycles. The third kappa shape index (κ3) is 4.72. The molecule has 1 aromatic carbocycles. The van der Waals surface area contributed by atoms with Crippen LogP contribution >= 0.6 is 23.4 Å². The topological polar surface area (TPSA) is 81.2 Å². The fourth-order valence-electron chi connectivity index (χ4n) is 7.01. The van der Waals surface area contributed by atoms with E-state index < -0.39 is 28.7 Å². The molecular formula is C30H40ClN3O4S. The van der Waals surface area contributed by atoms with Gasteiger partial charge in [0, 0.05) is 24.9 Å². The summed E-state index contributed by atoms with van der Waals surface area (Å²) in [6, 6.07) is 5.77. The molecular weight excluding hydrogens is 534 g/mol. The maximum absolute atomic E-state index is 14.7. The average Bonchev–Trinajstić information content (AvgIpc) is 3.52. The van der Waals surface area contributed by atoms with Crippen LogP contribution in [0.2, 0.25) is 5.02 Å². The number of anilines is 1. The minimum atomic E-state index is -0.842. The van der Waals surface area contributed by atoms with Crippen molar-refractivity contribution in [1.29, 1.82) is 0 Å². The van der Waals surface area contributed by atoms with E-state index in [9.17, 15) is 19.5 Å². The van der Waals surface area contributed by atoms with Crippen molar-refractivity contribution in [1.82, 2.24) is 9.80 Å². The number of nitrogens with zero attached hydrogens (tertiary/aromatic N) is 3. The van der Waals surface area contributed by atoms with Gasteiger partial charge in [0.25, 0.3) is 5.91 Å². The number of carbonyl (C=O) groups is 3. The number of benzene rings is 1. The van der Waals surface area contributed by atoms with Crippen molar-refractivity contribution in [2.45, 2.75) is 62.1 Å². The van der Waals surface area contributed by atoms with Crippen LogP contribution in [0.15, 0.2) is 49.6 Å². The molecule has 3 amide bonds. The van der Waals surface area contributed by atoms with Crippen LogP contribution in [0.5, 0.6) is 0 Å². The third-order valence-corrected chi connectivity index (χ3v) is 11.0. The summed E-state index contributed by atoms with van der Waals surface area (Å²) < 4.78 is -0.783. The van der Waals surface area contributed by atoms with Crippen LogP contribution < -0.4 is 4.90 Å². The first kappa shape index (κ1) is 29.7. The first-order chi connectivity index (χ1) is 18.7. The van der Waals surface area contributed by atoms with Crippen molar-refractivity contribution in [3.8, 4) is 0 Å². The highest BCUT2D eigenvalue weighted by Crippen LogP contribution is 2.69. The highest BCUT2D eigenvalue weighted by Gasteiger charge is 2.77. The number of amides is 3. The van der Waals surface area contributed by atoms with Crippen LogP contribution in [0.3, 0.4) is 0 Å². The molecule has 0 aromatic heterocycles. The van der Waals surface area contributed by atoms with Gasteiger partial charge in [0.15, 0.2) is 0 Å². The molecule has 3 unspecified atom stereocenters. The van der Waals surface area contributed by atoms with Gasteiger partial charge < -0.3 is 19.8 Å². The quantitative estimate of drug-likeness (QED) is 0.375. The molecule has 3 aliphatic heterocycles. The van der Waals surface area contributed by atoms with Crippen LogP contribution in [-0.4, -0.2) is 80.9 Å². The van der Waals surface area contributed by atoms with Crippen molar-refractivity contribution in [2.75, 3.05) is 31.1 Å². The zero-order valence-electron chi connectivity index (χ0n) is 23.1. The molecule has 3 aliphatic rings.